The van der Waals surface area contributed by atoms with E-state index in [2.05, 4.69) is 0 Å². The number of amides is 1. The number of fused-ring (bicyclic) bond motifs is 2. The number of carbonyl (C=O) groups is 1. The molecule has 3 heterocycles. The predicted molar refractivity (Wildman–Crippen MR) is 107 cm³/mol. The first-order valence-corrected chi connectivity index (χ1v) is 10.2. The zero-order chi connectivity index (χ0) is 20.8. The van der Waals surface area contributed by atoms with Gasteiger partial charge in [-0.3, -0.25) is 9.59 Å². The minimum absolute atomic E-state index is 0.0808. The van der Waals surface area contributed by atoms with Gasteiger partial charge in [0.05, 0.1) is 11.7 Å². The number of nitrogens with zero attached hydrogens (tertiary/aromatic N) is 2. The Hall–Kier alpha value is -3.00. The van der Waals surface area contributed by atoms with Gasteiger partial charge in [0.1, 0.15) is 11.9 Å². The molecule has 1 saturated heterocycles. The van der Waals surface area contributed by atoms with E-state index in [4.69, 9.17) is 14.2 Å². The summed E-state index contributed by atoms with van der Waals surface area (Å²) in [5, 5.41) is 10.7. The number of pyridine rings is 1. The van der Waals surface area contributed by atoms with Crippen LogP contribution in [0.25, 0.3) is 0 Å². The fourth-order valence-electron chi connectivity index (χ4n) is 4.71. The van der Waals surface area contributed by atoms with E-state index in [-0.39, 0.29) is 36.2 Å². The molecular formula is C22H24N2O6. The number of aliphatic hydroxyl groups is 1. The van der Waals surface area contributed by atoms with Crippen molar-refractivity contribution in [3.8, 4) is 17.2 Å². The molecule has 2 aromatic rings. The molecule has 0 radical (unpaired) electrons. The summed E-state index contributed by atoms with van der Waals surface area (Å²) in [4.78, 5) is 26.3. The van der Waals surface area contributed by atoms with Crippen LogP contribution in [0.3, 0.4) is 0 Å². The van der Waals surface area contributed by atoms with Crippen LogP contribution in [0, 0.1) is 11.8 Å². The summed E-state index contributed by atoms with van der Waals surface area (Å²) in [6.07, 6.45) is 1.92. The quantitative estimate of drug-likeness (QED) is 0.820. The first kappa shape index (κ1) is 19.0. The molecule has 5 rings (SSSR count). The van der Waals surface area contributed by atoms with Crippen LogP contribution < -0.4 is 19.8 Å². The van der Waals surface area contributed by atoms with Crippen molar-refractivity contribution >= 4 is 5.91 Å². The molecule has 0 bridgehead atoms. The molecule has 4 atom stereocenters. The van der Waals surface area contributed by atoms with Gasteiger partial charge in [0.25, 0.3) is 5.91 Å². The summed E-state index contributed by atoms with van der Waals surface area (Å²) in [7, 11) is 1.64. The number of likely N-dealkylation sites (tertiary alicyclic amines) is 1. The van der Waals surface area contributed by atoms with Gasteiger partial charge in [0.2, 0.25) is 12.4 Å². The van der Waals surface area contributed by atoms with Gasteiger partial charge in [-0.15, -0.1) is 0 Å². The average Bonchev–Trinajstić information content (AvgIpc) is 3.36. The first-order chi connectivity index (χ1) is 14.5. The van der Waals surface area contributed by atoms with Crippen molar-refractivity contribution in [3.63, 3.8) is 0 Å². The van der Waals surface area contributed by atoms with Crippen LogP contribution in [-0.2, 0) is 7.05 Å². The van der Waals surface area contributed by atoms with Crippen molar-refractivity contribution in [3.05, 3.63) is 52.4 Å². The third-order valence-corrected chi connectivity index (χ3v) is 6.34. The summed E-state index contributed by atoms with van der Waals surface area (Å²) in [5.74, 6) is 2.40. The molecule has 0 unspecified atom stereocenters. The Morgan fingerprint density at radius 1 is 1.10 bits per heavy atom. The first-order valence-electron chi connectivity index (χ1n) is 10.2. The monoisotopic (exact) mass is 412 g/mol. The summed E-state index contributed by atoms with van der Waals surface area (Å²) in [6, 6.07) is 8.39. The van der Waals surface area contributed by atoms with Crippen LogP contribution >= 0.6 is 0 Å². The van der Waals surface area contributed by atoms with Gasteiger partial charge in [-0.05, 0) is 42.9 Å². The zero-order valence-electron chi connectivity index (χ0n) is 16.7. The van der Waals surface area contributed by atoms with Gasteiger partial charge in [-0.1, -0.05) is 0 Å². The zero-order valence-corrected chi connectivity index (χ0v) is 16.7. The van der Waals surface area contributed by atoms with Crippen LogP contribution in [-0.4, -0.2) is 52.6 Å². The van der Waals surface area contributed by atoms with E-state index >= 15 is 0 Å². The van der Waals surface area contributed by atoms with E-state index in [1.807, 2.05) is 11.0 Å². The number of aliphatic hydroxyl groups excluding tert-OH is 1. The van der Waals surface area contributed by atoms with Gasteiger partial charge in [-0.25, -0.2) is 0 Å². The lowest BCUT2D eigenvalue weighted by Gasteiger charge is -2.35. The van der Waals surface area contributed by atoms with E-state index in [0.717, 1.165) is 0 Å². The maximum Gasteiger partial charge on any atom is 0.255 e. The Morgan fingerprint density at radius 3 is 2.67 bits per heavy atom. The van der Waals surface area contributed by atoms with Crippen LogP contribution in [0.15, 0.2) is 41.3 Å². The molecule has 158 valence electrons. The van der Waals surface area contributed by atoms with Crippen molar-refractivity contribution in [2.24, 2.45) is 18.9 Å². The largest absolute Gasteiger partial charge is 0.488 e. The number of benzene rings is 1. The molecule has 1 aromatic heterocycles. The van der Waals surface area contributed by atoms with Crippen molar-refractivity contribution < 1.29 is 24.1 Å². The highest BCUT2D eigenvalue weighted by molar-refractivity contribution is 5.94. The molecule has 30 heavy (non-hydrogen) atoms. The summed E-state index contributed by atoms with van der Waals surface area (Å²) >= 11 is 0. The second-order valence-electron chi connectivity index (χ2n) is 8.31. The summed E-state index contributed by atoms with van der Waals surface area (Å²) < 4.78 is 18.2. The maximum atomic E-state index is 12.9. The Balaban J connectivity index is 1.26. The van der Waals surface area contributed by atoms with Crippen molar-refractivity contribution in [2.45, 2.75) is 25.0 Å². The molecule has 8 nitrogen and oxygen atoms in total. The average molecular weight is 412 g/mol. The van der Waals surface area contributed by atoms with Crippen LogP contribution in [0.5, 0.6) is 17.2 Å². The molecule has 1 aromatic carbocycles. The number of aryl methyl sites for hydroxylation is 1. The molecular weight excluding hydrogens is 388 g/mol. The van der Waals surface area contributed by atoms with E-state index in [9.17, 15) is 14.7 Å². The van der Waals surface area contributed by atoms with E-state index < -0.39 is 6.10 Å². The third kappa shape index (κ3) is 3.41. The minimum Gasteiger partial charge on any atom is -0.488 e. The smallest absolute Gasteiger partial charge is 0.255 e. The van der Waals surface area contributed by atoms with Gasteiger partial charge in [0.15, 0.2) is 11.5 Å². The summed E-state index contributed by atoms with van der Waals surface area (Å²) in [5.41, 5.74) is 0.359. The van der Waals surface area contributed by atoms with E-state index in [0.29, 0.717) is 48.7 Å². The van der Waals surface area contributed by atoms with Gasteiger partial charge in [0, 0.05) is 38.5 Å². The molecule has 1 aliphatic carbocycles. The van der Waals surface area contributed by atoms with Crippen LogP contribution in [0.1, 0.15) is 23.2 Å². The lowest BCUT2D eigenvalue weighted by atomic mass is 9.78. The SMILES string of the molecule is Cn1cc(C(=O)N2C[C@H]3C[C@@H](Oc4ccc5c(c4)OCO5)[C@H](O)C[C@H]3C2)ccc1=O. The molecule has 3 aliphatic rings. The van der Waals surface area contributed by atoms with E-state index in [1.165, 1.54) is 10.6 Å². The highest BCUT2D eigenvalue weighted by Crippen LogP contribution is 2.40. The highest BCUT2D eigenvalue weighted by Gasteiger charge is 2.44. The second-order valence-corrected chi connectivity index (χ2v) is 8.31. The Morgan fingerprint density at radius 2 is 1.87 bits per heavy atom. The van der Waals surface area contributed by atoms with Crippen LogP contribution in [0.2, 0.25) is 0 Å². The Bertz CT molecular complexity index is 1030. The Labute approximate surface area is 173 Å². The second kappa shape index (κ2) is 7.36. The number of ether oxygens (including phenoxy) is 3. The fraction of sp³-hybridized carbons (Fsp3) is 0.455. The topological polar surface area (TPSA) is 90.2 Å². The minimum atomic E-state index is -0.593. The lowest BCUT2D eigenvalue weighted by Crippen LogP contribution is -2.42. The highest BCUT2D eigenvalue weighted by atomic mass is 16.7. The van der Waals surface area contributed by atoms with Crippen molar-refractivity contribution in [2.75, 3.05) is 19.9 Å². The standard InChI is InChI=1S/C22H24N2O6/c1-23-9-13(2-5-21(23)26)22(27)24-10-14-6-17(25)19(7-15(14)11-24)30-16-3-4-18-20(8-16)29-12-28-18/h2-5,8-9,14-15,17,19,25H,6-7,10-12H2,1H3/t14-,15+,17+,19+/m0/s1. The van der Waals surface area contributed by atoms with Gasteiger partial charge >= 0.3 is 0 Å². The lowest BCUT2D eigenvalue weighted by molar-refractivity contribution is -0.0232. The normalized spacial score (nSPS) is 27.1. The number of rotatable bonds is 3. The predicted octanol–water partition coefficient (Wildman–Crippen LogP) is 1.40. The van der Waals surface area contributed by atoms with Crippen molar-refractivity contribution in [1.82, 2.24) is 9.47 Å². The van der Waals surface area contributed by atoms with Crippen molar-refractivity contribution in [1.29, 1.82) is 0 Å². The fourth-order valence-corrected chi connectivity index (χ4v) is 4.71. The molecule has 1 N–H and O–H groups in total. The number of aromatic nitrogens is 1. The molecule has 1 amide bonds. The van der Waals surface area contributed by atoms with E-state index in [1.54, 1.807) is 31.4 Å². The molecule has 8 heteroatoms. The molecule has 2 fully saturated rings. The number of carbonyl (C=O) groups excluding carboxylic acids is 1. The molecule has 1 saturated carbocycles. The van der Waals surface area contributed by atoms with Crippen LogP contribution in [0.4, 0.5) is 0 Å². The summed E-state index contributed by atoms with van der Waals surface area (Å²) in [6.45, 7) is 1.44. The third-order valence-electron chi connectivity index (χ3n) is 6.34. The number of hydrogen-bond acceptors (Lipinski definition) is 6. The van der Waals surface area contributed by atoms with Gasteiger partial charge in [-0.2, -0.15) is 0 Å². The Kier molecular flexibility index (Phi) is 4.66. The molecule has 2 aliphatic heterocycles. The van der Waals surface area contributed by atoms with Gasteiger partial charge < -0.3 is 28.8 Å². The number of hydrogen-bond donors (Lipinski definition) is 1. The molecule has 0 spiro atoms. The maximum absolute atomic E-state index is 12.9.